The van der Waals surface area contributed by atoms with Crippen molar-refractivity contribution in [1.82, 2.24) is 0 Å². The summed E-state index contributed by atoms with van der Waals surface area (Å²) in [4.78, 5) is 0. The lowest BCUT2D eigenvalue weighted by Gasteiger charge is -2.36. The van der Waals surface area contributed by atoms with E-state index in [2.05, 4.69) is 33.9 Å². The van der Waals surface area contributed by atoms with Crippen LogP contribution in [0.1, 0.15) is 27.7 Å². The van der Waals surface area contributed by atoms with Gasteiger partial charge in [-0.25, -0.2) is 0 Å². The molecule has 6 heteroatoms. The van der Waals surface area contributed by atoms with Crippen molar-refractivity contribution in [3.8, 4) is 0 Å². The van der Waals surface area contributed by atoms with Crippen LogP contribution in [-0.2, 0) is 18.7 Å². The second-order valence-electron chi connectivity index (χ2n) is 5.68. The van der Waals surface area contributed by atoms with Crippen LogP contribution in [0, 0.1) is 0 Å². The first-order valence-corrected chi connectivity index (χ1v) is 10.1. The second-order valence-corrected chi connectivity index (χ2v) is 12.1. The fraction of sp³-hybridized carbons (Fsp3) is 1.00. The van der Waals surface area contributed by atoms with Crippen LogP contribution in [0.25, 0.3) is 0 Å². The minimum atomic E-state index is -3.39. The molecule has 0 aromatic heterocycles. The van der Waals surface area contributed by atoms with Crippen LogP contribution in [0.5, 0.6) is 0 Å². The fourth-order valence-electron chi connectivity index (χ4n) is 0.868. The Balaban J connectivity index is 4.26. The van der Waals surface area contributed by atoms with Crippen molar-refractivity contribution >= 4 is 18.4 Å². The second kappa shape index (κ2) is 5.16. The molecule has 0 heterocycles. The van der Waals surface area contributed by atoms with Gasteiger partial charge >= 0.3 is 0 Å². The van der Waals surface area contributed by atoms with Crippen molar-refractivity contribution < 1.29 is 17.0 Å². The Morgan fingerprint density at radius 3 is 2.00 bits per heavy atom. The van der Waals surface area contributed by atoms with Crippen molar-refractivity contribution in [2.24, 2.45) is 0 Å². The predicted molar refractivity (Wildman–Crippen MR) is 68.5 cm³/mol. The summed E-state index contributed by atoms with van der Waals surface area (Å²) in [6, 6.07) is 0. The van der Waals surface area contributed by atoms with Crippen LogP contribution in [0.2, 0.25) is 18.1 Å². The van der Waals surface area contributed by atoms with E-state index in [0.29, 0.717) is 6.61 Å². The summed E-state index contributed by atoms with van der Waals surface area (Å²) >= 11 is 0. The Hall–Kier alpha value is 0.0869. The molecule has 0 radical (unpaired) electrons. The van der Waals surface area contributed by atoms with E-state index in [1.54, 1.807) is 6.92 Å². The van der Waals surface area contributed by atoms with E-state index < -0.39 is 24.5 Å². The van der Waals surface area contributed by atoms with Crippen LogP contribution in [0.15, 0.2) is 0 Å². The maximum Gasteiger partial charge on any atom is 0.264 e. The molecule has 98 valence electrons. The third-order valence-electron chi connectivity index (χ3n) is 2.82. The van der Waals surface area contributed by atoms with Gasteiger partial charge in [-0.2, -0.15) is 8.42 Å². The van der Waals surface area contributed by atoms with E-state index in [-0.39, 0.29) is 5.04 Å². The van der Waals surface area contributed by atoms with Gasteiger partial charge in [-0.3, -0.25) is 4.18 Å². The van der Waals surface area contributed by atoms with E-state index in [0.717, 1.165) is 6.26 Å². The molecule has 0 aliphatic rings. The average molecular weight is 268 g/mol. The Bertz CT molecular complexity index is 316. The molecule has 4 nitrogen and oxygen atoms in total. The zero-order chi connectivity index (χ0) is 13.2. The highest BCUT2D eigenvalue weighted by Gasteiger charge is 2.37. The third kappa shape index (κ3) is 5.98. The lowest BCUT2D eigenvalue weighted by Crippen LogP contribution is -2.42. The first-order chi connectivity index (χ1) is 6.85. The van der Waals surface area contributed by atoms with Gasteiger partial charge < -0.3 is 4.43 Å². The molecule has 0 aliphatic heterocycles. The maximum atomic E-state index is 10.9. The molecule has 0 fully saturated rings. The summed E-state index contributed by atoms with van der Waals surface area (Å²) in [6.45, 7) is 12.7. The van der Waals surface area contributed by atoms with Crippen LogP contribution in [0.4, 0.5) is 0 Å². The molecule has 0 bridgehead atoms. The summed E-state index contributed by atoms with van der Waals surface area (Å²) in [5.41, 5.74) is 0. The number of rotatable bonds is 5. The third-order valence-corrected chi connectivity index (χ3v) is 8.00. The van der Waals surface area contributed by atoms with E-state index in [1.165, 1.54) is 0 Å². The molecule has 0 N–H and O–H groups in total. The fourth-order valence-corrected chi connectivity index (χ4v) is 2.61. The van der Waals surface area contributed by atoms with Crippen molar-refractivity contribution in [3.05, 3.63) is 0 Å². The van der Waals surface area contributed by atoms with Crippen molar-refractivity contribution in [3.63, 3.8) is 0 Å². The minimum absolute atomic E-state index is 0.123. The van der Waals surface area contributed by atoms with Gasteiger partial charge in [0.05, 0.1) is 19.0 Å². The van der Waals surface area contributed by atoms with Gasteiger partial charge in [-0.15, -0.1) is 0 Å². The van der Waals surface area contributed by atoms with Gasteiger partial charge in [-0.05, 0) is 25.1 Å². The Labute approximate surface area is 101 Å². The quantitative estimate of drug-likeness (QED) is 0.567. The molecule has 0 spiro atoms. The summed E-state index contributed by atoms with van der Waals surface area (Å²) in [5.74, 6) is 0. The Kier molecular flexibility index (Phi) is 5.19. The van der Waals surface area contributed by atoms with Crippen molar-refractivity contribution in [2.45, 2.75) is 51.9 Å². The average Bonchev–Trinajstić information content (AvgIpc) is 1.95. The van der Waals surface area contributed by atoms with Gasteiger partial charge in [0.25, 0.3) is 10.1 Å². The molecule has 0 rings (SSSR count). The highest BCUT2D eigenvalue weighted by atomic mass is 32.2. The molecule has 0 aromatic rings. The van der Waals surface area contributed by atoms with Crippen LogP contribution >= 0.6 is 0 Å². The number of hydrogen-bond acceptors (Lipinski definition) is 4. The normalized spacial score (nSPS) is 16.2. The molecule has 0 aliphatic carbocycles. The molecular weight excluding hydrogens is 244 g/mol. The number of hydrogen-bond donors (Lipinski definition) is 0. The van der Waals surface area contributed by atoms with Gasteiger partial charge in [0.15, 0.2) is 8.32 Å². The standard InChI is InChI=1S/C10H24O4SSi/c1-9(14-15(5,11)12)8-13-16(6,7)10(2,3)4/h9H,8H2,1-7H3/t9-/m1/s1. The van der Waals surface area contributed by atoms with Gasteiger partial charge in [-0.1, -0.05) is 20.8 Å². The smallest absolute Gasteiger partial charge is 0.264 e. The van der Waals surface area contributed by atoms with E-state index in [4.69, 9.17) is 8.61 Å². The van der Waals surface area contributed by atoms with Gasteiger partial charge in [0, 0.05) is 0 Å². The van der Waals surface area contributed by atoms with E-state index in [9.17, 15) is 8.42 Å². The highest BCUT2D eigenvalue weighted by molar-refractivity contribution is 7.86. The van der Waals surface area contributed by atoms with Crippen LogP contribution in [-0.4, -0.2) is 35.7 Å². The van der Waals surface area contributed by atoms with Gasteiger partial charge in [0.2, 0.25) is 0 Å². The molecule has 0 aromatic carbocycles. The summed E-state index contributed by atoms with van der Waals surface area (Å²) in [7, 11) is -5.21. The van der Waals surface area contributed by atoms with Crippen molar-refractivity contribution in [2.75, 3.05) is 12.9 Å². The zero-order valence-electron chi connectivity index (χ0n) is 11.3. The monoisotopic (exact) mass is 268 g/mol. The predicted octanol–water partition coefficient (Wildman–Crippen LogP) is 2.37. The van der Waals surface area contributed by atoms with Gasteiger partial charge in [0.1, 0.15) is 0 Å². The van der Waals surface area contributed by atoms with Crippen LogP contribution in [0.3, 0.4) is 0 Å². The first-order valence-electron chi connectivity index (χ1n) is 5.37. The molecule has 16 heavy (non-hydrogen) atoms. The summed E-state index contributed by atoms with van der Waals surface area (Å²) in [5, 5.41) is 0.123. The maximum absolute atomic E-state index is 10.9. The van der Waals surface area contributed by atoms with Crippen molar-refractivity contribution in [1.29, 1.82) is 0 Å². The summed E-state index contributed by atoms with van der Waals surface area (Å²) in [6.07, 6.45) is 0.625. The molecule has 0 amide bonds. The molecule has 0 unspecified atom stereocenters. The Morgan fingerprint density at radius 1 is 1.25 bits per heavy atom. The largest absolute Gasteiger partial charge is 0.414 e. The first kappa shape index (κ1) is 16.1. The molecular formula is C10H24O4SSi. The minimum Gasteiger partial charge on any atom is -0.414 e. The lowest BCUT2D eigenvalue weighted by molar-refractivity contribution is 0.140. The van der Waals surface area contributed by atoms with E-state index >= 15 is 0 Å². The van der Waals surface area contributed by atoms with Crippen LogP contribution < -0.4 is 0 Å². The Morgan fingerprint density at radius 2 is 1.69 bits per heavy atom. The topological polar surface area (TPSA) is 52.6 Å². The SMILES string of the molecule is C[C@H](CO[Si](C)(C)C(C)(C)C)OS(C)(=O)=O. The highest BCUT2D eigenvalue weighted by Crippen LogP contribution is 2.36. The van der Waals surface area contributed by atoms with E-state index in [1.807, 2.05) is 0 Å². The molecule has 0 saturated carbocycles. The molecule has 0 saturated heterocycles. The molecule has 1 atom stereocenters. The lowest BCUT2D eigenvalue weighted by atomic mass is 10.2. The zero-order valence-corrected chi connectivity index (χ0v) is 13.1. The summed E-state index contributed by atoms with van der Waals surface area (Å²) < 4.78 is 32.5.